The molecular weight excluding hydrogens is 478 g/mol. The number of imidazole rings is 1. The van der Waals surface area contributed by atoms with Crippen LogP contribution in [0.25, 0.3) is 11.4 Å². The minimum atomic E-state index is -1.26. The Labute approximate surface area is 193 Å². The Hall–Kier alpha value is -3.72. The fraction of sp³-hybridized carbons (Fsp3) is 0.130. The van der Waals surface area contributed by atoms with Crippen molar-refractivity contribution in [3.63, 3.8) is 0 Å². The standard InChI is InChI=1S/C19H18BrN3O.C4H4O4/c20-17-9-7-16(8-10-17)19(24)22-11-4-13-23-14-12-21-18(23)15-5-2-1-3-6-15;5-3(6)1-2-4(7)8/h1-3,5-10,12,14H,4,11,13H2,(H,22,24);1-2H,(H,5,6)(H,7,8)/b;2-1+. The highest BCUT2D eigenvalue weighted by atomic mass is 79.9. The van der Waals surface area contributed by atoms with Crippen LogP contribution in [0.15, 0.2) is 83.6 Å². The first-order chi connectivity index (χ1) is 15.4. The SMILES string of the molecule is O=C(NCCCn1ccnc1-c1ccccc1)c1ccc(Br)cc1.O=C(O)/C=C/C(=O)O. The van der Waals surface area contributed by atoms with E-state index in [1.165, 1.54) is 0 Å². The molecule has 8 nitrogen and oxygen atoms in total. The van der Waals surface area contributed by atoms with E-state index < -0.39 is 11.9 Å². The number of carboxylic acids is 2. The molecule has 0 saturated carbocycles. The van der Waals surface area contributed by atoms with Gasteiger partial charge in [-0.2, -0.15) is 0 Å². The lowest BCUT2D eigenvalue weighted by atomic mass is 10.2. The smallest absolute Gasteiger partial charge is 0.328 e. The summed E-state index contributed by atoms with van der Waals surface area (Å²) in [5.74, 6) is -1.61. The van der Waals surface area contributed by atoms with E-state index in [0.717, 1.165) is 28.8 Å². The first-order valence-corrected chi connectivity index (χ1v) is 10.4. The van der Waals surface area contributed by atoms with Gasteiger partial charge >= 0.3 is 11.9 Å². The average Bonchev–Trinajstić information content (AvgIpc) is 3.25. The summed E-state index contributed by atoms with van der Waals surface area (Å²) in [7, 11) is 0. The zero-order valence-electron chi connectivity index (χ0n) is 17.0. The van der Waals surface area contributed by atoms with E-state index in [-0.39, 0.29) is 5.91 Å². The van der Waals surface area contributed by atoms with Crippen LogP contribution in [0, 0.1) is 0 Å². The Morgan fingerprint density at radius 3 is 2.19 bits per heavy atom. The molecule has 0 aliphatic rings. The maximum absolute atomic E-state index is 12.1. The molecule has 0 radical (unpaired) electrons. The van der Waals surface area contributed by atoms with E-state index >= 15 is 0 Å². The minimum Gasteiger partial charge on any atom is -0.478 e. The van der Waals surface area contributed by atoms with Crippen molar-refractivity contribution in [1.82, 2.24) is 14.9 Å². The molecule has 9 heteroatoms. The normalized spacial score (nSPS) is 10.3. The number of rotatable bonds is 8. The molecule has 3 rings (SSSR count). The lowest BCUT2D eigenvalue weighted by molar-refractivity contribution is -0.134. The van der Waals surface area contributed by atoms with Crippen molar-refractivity contribution in [2.45, 2.75) is 13.0 Å². The van der Waals surface area contributed by atoms with Gasteiger partial charge in [-0.05, 0) is 30.7 Å². The van der Waals surface area contributed by atoms with Gasteiger partial charge in [0.25, 0.3) is 5.91 Å². The van der Waals surface area contributed by atoms with Gasteiger partial charge < -0.3 is 20.1 Å². The Morgan fingerprint density at radius 2 is 1.59 bits per heavy atom. The van der Waals surface area contributed by atoms with Crippen molar-refractivity contribution < 1.29 is 24.6 Å². The van der Waals surface area contributed by atoms with Gasteiger partial charge in [-0.1, -0.05) is 46.3 Å². The Balaban J connectivity index is 0.000000390. The van der Waals surface area contributed by atoms with E-state index in [1.807, 2.05) is 67.0 Å². The summed E-state index contributed by atoms with van der Waals surface area (Å²) in [6.45, 7) is 1.44. The number of nitrogens with zero attached hydrogens (tertiary/aromatic N) is 2. The predicted molar refractivity (Wildman–Crippen MR) is 123 cm³/mol. The number of halogens is 1. The number of nitrogens with one attached hydrogen (secondary N) is 1. The number of aromatic nitrogens is 2. The van der Waals surface area contributed by atoms with Crippen LogP contribution in [-0.2, 0) is 16.1 Å². The van der Waals surface area contributed by atoms with Crippen LogP contribution >= 0.6 is 15.9 Å². The van der Waals surface area contributed by atoms with Crippen molar-refractivity contribution in [3.05, 3.63) is 89.2 Å². The van der Waals surface area contributed by atoms with Crippen molar-refractivity contribution in [3.8, 4) is 11.4 Å². The molecule has 0 bridgehead atoms. The van der Waals surface area contributed by atoms with E-state index in [0.29, 0.717) is 24.3 Å². The molecule has 32 heavy (non-hydrogen) atoms. The van der Waals surface area contributed by atoms with Crippen molar-refractivity contribution in [2.24, 2.45) is 0 Å². The summed E-state index contributed by atoms with van der Waals surface area (Å²) in [5, 5.41) is 18.6. The average molecular weight is 500 g/mol. The van der Waals surface area contributed by atoms with Crippen molar-refractivity contribution in [1.29, 1.82) is 0 Å². The summed E-state index contributed by atoms with van der Waals surface area (Å²) in [4.78, 5) is 35.6. The van der Waals surface area contributed by atoms with Gasteiger partial charge in [0.05, 0.1) is 0 Å². The fourth-order valence-electron chi connectivity index (χ4n) is 2.63. The number of carboxylic acid groups (broad SMARTS) is 2. The zero-order valence-corrected chi connectivity index (χ0v) is 18.6. The van der Waals surface area contributed by atoms with E-state index in [4.69, 9.17) is 10.2 Å². The minimum absolute atomic E-state index is 0.0450. The third-order valence-electron chi connectivity index (χ3n) is 4.08. The van der Waals surface area contributed by atoms with E-state index in [2.05, 4.69) is 30.8 Å². The van der Waals surface area contributed by atoms with E-state index in [1.54, 1.807) is 0 Å². The molecule has 0 unspecified atom stereocenters. The number of benzene rings is 2. The maximum atomic E-state index is 12.1. The highest BCUT2D eigenvalue weighted by Crippen LogP contribution is 2.17. The molecule has 0 atom stereocenters. The number of amides is 1. The first-order valence-electron chi connectivity index (χ1n) is 9.61. The Kier molecular flexibility index (Phi) is 9.86. The second-order valence-corrected chi connectivity index (χ2v) is 7.35. The third-order valence-corrected chi connectivity index (χ3v) is 4.61. The van der Waals surface area contributed by atoms with Crippen molar-refractivity contribution >= 4 is 33.8 Å². The van der Waals surface area contributed by atoms with Crippen LogP contribution in [0.4, 0.5) is 0 Å². The molecule has 0 fully saturated rings. The molecule has 2 aromatic carbocycles. The molecule has 3 N–H and O–H groups in total. The lowest BCUT2D eigenvalue weighted by Crippen LogP contribution is -2.25. The molecule has 3 aromatic rings. The van der Waals surface area contributed by atoms with Crippen LogP contribution in [-0.4, -0.2) is 44.2 Å². The number of carbonyl (C=O) groups is 3. The summed E-state index contributed by atoms with van der Waals surface area (Å²) in [5.41, 5.74) is 1.77. The molecule has 166 valence electrons. The molecule has 0 spiro atoms. The van der Waals surface area contributed by atoms with Crippen LogP contribution in [0.2, 0.25) is 0 Å². The van der Waals surface area contributed by atoms with E-state index in [9.17, 15) is 14.4 Å². The monoisotopic (exact) mass is 499 g/mol. The van der Waals surface area contributed by atoms with Gasteiger partial charge in [-0.25, -0.2) is 14.6 Å². The number of aryl methyl sites for hydroxylation is 1. The largest absolute Gasteiger partial charge is 0.478 e. The van der Waals surface area contributed by atoms with Gasteiger partial charge in [0.1, 0.15) is 5.82 Å². The number of aliphatic carboxylic acids is 2. The summed E-state index contributed by atoms with van der Waals surface area (Å²) >= 11 is 3.37. The molecular formula is C23H22BrN3O5. The third kappa shape index (κ3) is 8.57. The van der Waals surface area contributed by atoms with Gasteiger partial charge in [-0.3, -0.25) is 4.79 Å². The Morgan fingerprint density at radius 1 is 0.969 bits per heavy atom. The second-order valence-electron chi connectivity index (χ2n) is 6.44. The molecule has 0 saturated heterocycles. The number of hydrogen-bond acceptors (Lipinski definition) is 4. The zero-order chi connectivity index (χ0) is 23.3. The summed E-state index contributed by atoms with van der Waals surface area (Å²) < 4.78 is 3.08. The van der Waals surface area contributed by atoms with Gasteiger partial charge in [0, 0.05) is 53.2 Å². The molecule has 0 aliphatic heterocycles. The van der Waals surface area contributed by atoms with Crippen LogP contribution < -0.4 is 5.32 Å². The predicted octanol–water partition coefficient (Wildman–Crippen LogP) is 3.84. The summed E-state index contributed by atoms with van der Waals surface area (Å²) in [6.07, 6.45) is 5.74. The van der Waals surface area contributed by atoms with Gasteiger partial charge in [-0.15, -0.1) is 0 Å². The first kappa shape index (κ1) is 24.5. The molecule has 0 aliphatic carbocycles. The molecule has 1 heterocycles. The highest BCUT2D eigenvalue weighted by Gasteiger charge is 2.06. The maximum Gasteiger partial charge on any atom is 0.328 e. The van der Waals surface area contributed by atoms with Gasteiger partial charge in [0.15, 0.2) is 0 Å². The quantitative estimate of drug-likeness (QED) is 0.319. The summed E-state index contributed by atoms with van der Waals surface area (Å²) in [6, 6.07) is 17.5. The highest BCUT2D eigenvalue weighted by molar-refractivity contribution is 9.10. The molecule has 1 amide bonds. The lowest BCUT2D eigenvalue weighted by Gasteiger charge is -2.09. The fourth-order valence-corrected chi connectivity index (χ4v) is 2.90. The van der Waals surface area contributed by atoms with Crippen LogP contribution in [0.3, 0.4) is 0 Å². The van der Waals surface area contributed by atoms with Crippen LogP contribution in [0.5, 0.6) is 0 Å². The van der Waals surface area contributed by atoms with Gasteiger partial charge in [0.2, 0.25) is 0 Å². The van der Waals surface area contributed by atoms with Crippen LogP contribution in [0.1, 0.15) is 16.8 Å². The topological polar surface area (TPSA) is 122 Å². The number of hydrogen-bond donors (Lipinski definition) is 3. The van der Waals surface area contributed by atoms with Crippen molar-refractivity contribution in [2.75, 3.05) is 6.54 Å². The Bertz CT molecular complexity index is 1050. The second kappa shape index (κ2) is 12.9. The number of carbonyl (C=O) groups excluding carboxylic acids is 1. The molecule has 1 aromatic heterocycles.